The lowest BCUT2D eigenvalue weighted by Gasteiger charge is -2.25. The maximum atomic E-state index is 5.51. The van der Waals surface area contributed by atoms with Gasteiger partial charge >= 0.3 is 0 Å². The number of hydrogen-bond donors (Lipinski definition) is 1. The Morgan fingerprint density at radius 3 is 2.77 bits per heavy atom. The number of rotatable bonds is 4. The third-order valence-electron chi connectivity index (χ3n) is 3.60. The number of nitrogens with one attached hydrogen (secondary N) is 1. The van der Waals surface area contributed by atoms with Crippen LogP contribution in [0.5, 0.6) is 0 Å². The fourth-order valence-corrected chi connectivity index (χ4v) is 2.30. The van der Waals surface area contributed by atoms with Crippen molar-refractivity contribution in [3.8, 4) is 0 Å². The zero-order chi connectivity index (χ0) is 9.15. The van der Waals surface area contributed by atoms with E-state index in [-0.39, 0.29) is 0 Å². The molecule has 76 valence electrons. The SMILES string of the molecule is COC1(CCC2CCCCN2)CC1. The highest BCUT2D eigenvalue weighted by atomic mass is 16.5. The molecule has 0 aromatic rings. The van der Waals surface area contributed by atoms with E-state index in [1.54, 1.807) is 0 Å². The smallest absolute Gasteiger partial charge is 0.0681 e. The first kappa shape index (κ1) is 9.47. The van der Waals surface area contributed by atoms with Crippen LogP contribution in [0.15, 0.2) is 0 Å². The summed E-state index contributed by atoms with van der Waals surface area (Å²) in [6, 6.07) is 0.779. The maximum absolute atomic E-state index is 5.51. The molecule has 1 N–H and O–H groups in total. The van der Waals surface area contributed by atoms with Gasteiger partial charge in [-0.05, 0) is 45.1 Å². The zero-order valence-electron chi connectivity index (χ0n) is 8.64. The summed E-state index contributed by atoms with van der Waals surface area (Å²) in [6.07, 6.45) is 9.31. The summed E-state index contributed by atoms with van der Waals surface area (Å²) in [4.78, 5) is 0. The molecule has 1 saturated heterocycles. The summed E-state index contributed by atoms with van der Waals surface area (Å²) < 4.78 is 5.51. The summed E-state index contributed by atoms with van der Waals surface area (Å²) in [5.41, 5.74) is 0.305. The Kier molecular flexibility index (Phi) is 2.89. The second-order valence-electron chi connectivity index (χ2n) is 4.57. The molecular weight excluding hydrogens is 162 g/mol. The summed E-state index contributed by atoms with van der Waals surface area (Å²) in [5, 5.41) is 3.59. The molecule has 1 unspecified atom stereocenters. The van der Waals surface area contributed by atoms with E-state index in [2.05, 4.69) is 5.32 Å². The van der Waals surface area contributed by atoms with Gasteiger partial charge in [-0.15, -0.1) is 0 Å². The van der Waals surface area contributed by atoms with E-state index in [4.69, 9.17) is 4.74 Å². The molecule has 0 bridgehead atoms. The number of piperidine rings is 1. The van der Waals surface area contributed by atoms with Crippen molar-refractivity contribution in [3.05, 3.63) is 0 Å². The highest BCUT2D eigenvalue weighted by Crippen LogP contribution is 2.43. The zero-order valence-corrected chi connectivity index (χ0v) is 8.64. The van der Waals surface area contributed by atoms with Crippen LogP contribution in [0.4, 0.5) is 0 Å². The Morgan fingerprint density at radius 1 is 1.38 bits per heavy atom. The van der Waals surface area contributed by atoms with Crippen LogP contribution in [-0.4, -0.2) is 25.3 Å². The Balaban J connectivity index is 1.66. The predicted octanol–water partition coefficient (Wildman–Crippen LogP) is 2.09. The lowest BCUT2D eigenvalue weighted by atomic mass is 9.98. The first-order chi connectivity index (χ1) is 6.35. The second kappa shape index (κ2) is 3.97. The lowest BCUT2D eigenvalue weighted by Crippen LogP contribution is -2.34. The first-order valence-corrected chi connectivity index (χ1v) is 5.63. The molecule has 0 spiro atoms. The van der Waals surface area contributed by atoms with E-state index in [0.29, 0.717) is 5.60 Å². The lowest BCUT2D eigenvalue weighted by molar-refractivity contribution is 0.0674. The molecule has 13 heavy (non-hydrogen) atoms. The Bertz CT molecular complexity index is 159. The van der Waals surface area contributed by atoms with Crippen LogP contribution in [-0.2, 0) is 4.74 Å². The van der Waals surface area contributed by atoms with Crippen LogP contribution in [0.1, 0.15) is 44.9 Å². The predicted molar refractivity (Wildman–Crippen MR) is 53.8 cm³/mol. The van der Waals surface area contributed by atoms with Gasteiger partial charge in [-0.25, -0.2) is 0 Å². The Morgan fingerprint density at radius 2 is 2.23 bits per heavy atom. The standard InChI is InChI=1S/C11H21NO/c1-13-11(7-8-11)6-5-10-4-2-3-9-12-10/h10,12H,2-9H2,1H3. The molecule has 0 amide bonds. The quantitative estimate of drug-likeness (QED) is 0.720. The first-order valence-electron chi connectivity index (χ1n) is 5.63. The molecule has 1 heterocycles. The molecule has 2 nitrogen and oxygen atoms in total. The monoisotopic (exact) mass is 183 g/mol. The molecule has 1 saturated carbocycles. The number of ether oxygens (including phenoxy) is 1. The van der Waals surface area contributed by atoms with Crippen LogP contribution < -0.4 is 5.32 Å². The van der Waals surface area contributed by atoms with Crippen molar-refractivity contribution < 1.29 is 4.74 Å². The molecule has 0 aromatic heterocycles. The summed E-state index contributed by atoms with van der Waals surface area (Å²) in [6.45, 7) is 1.23. The van der Waals surface area contributed by atoms with Gasteiger partial charge in [-0.3, -0.25) is 0 Å². The van der Waals surface area contributed by atoms with Crippen molar-refractivity contribution in [3.63, 3.8) is 0 Å². The minimum absolute atomic E-state index is 0.305. The van der Waals surface area contributed by atoms with E-state index in [0.717, 1.165) is 6.04 Å². The number of hydrogen-bond acceptors (Lipinski definition) is 2. The van der Waals surface area contributed by atoms with Crippen LogP contribution >= 0.6 is 0 Å². The molecule has 1 aliphatic heterocycles. The normalized spacial score (nSPS) is 31.6. The van der Waals surface area contributed by atoms with E-state index >= 15 is 0 Å². The van der Waals surface area contributed by atoms with Crippen LogP contribution in [0.25, 0.3) is 0 Å². The molecule has 2 fully saturated rings. The molecule has 0 aromatic carbocycles. The van der Waals surface area contributed by atoms with Crippen molar-refractivity contribution in [1.29, 1.82) is 0 Å². The molecule has 1 aliphatic carbocycles. The van der Waals surface area contributed by atoms with Crippen molar-refractivity contribution >= 4 is 0 Å². The third-order valence-corrected chi connectivity index (χ3v) is 3.60. The Labute approximate surface area is 81.0 Å². The maximum Gasteiger partial charge on any atom is 0.0681 e. The average Bonchev–Trinajstić information content (AvgIpc) is 2.97. The van der Waals surface area contributed by atoms with Gasteiger partial charge in [0.15, 0.2) is 0 Å². The molecule has 2 heteroatoms. The molecular formula is C11H21NO. The largest absolute Gasteiger partial charge is 0.378 e. The molecule has 2 rings (SSSR count). The van der Waals surface area contributed by atoms with Crippen molar-refractivity contribution in [2.45, 2.75) is 56.6 Å². The highest BCUT2D eigenvalue weighted by molar-refractivity contribution is 4.96. The molecule has 0 radical (unpaired) electrons. The summed E-state index contributed by atoms with van der Waals surface area (Å²) in [5.74, 6) is 0. The highest BCUT2D eigenvalue weighted by Gasteiger charge is 2.42. The van der Waals surface area contributed by atoms with E-state index in [9.17, 15) is 0 Å². The number of methoxy groups -OCH3 is 1. The van der Waals surface area contributed by atoms with Crippen LogP contribution in [0.3, 0.4) is 0 Å². The van der Waals surface area contributed by atoms with Gasteiger partial charge in [0.2, 0.25) is 0 Å². The van der Waals surface area contributed by atoms with E-state index in [1.165, 1.54) is 51.5 Å². The molecule has 2 aliphatic rings. The third kappa shape index (κ3) is 2.44. The second-order valence-corrected chi connectivity index (χ2v) is 4.57. The van der Waals surface area contributed by atoms with Gasteiger partial charge in [0.05, 0.1) is 5.60 Å². The van der Waals surface area contributed by atoms with Crippen molar-refractivity contribution in [2.24, 2.45) is 0 Å². The van der Waals surface area contributed by atoms with Crippen molar-refractivity contribution in [2.75, 3.05) is 13.7 Å². The van der Waals surface area contributed by atoms with Crippen LogP contribution in [0.2, 0.25) is 0 Å². The van der Waals surface area contributed by atoms with Gasteiger partial charge < -0.3 is 10.1 Å². The fourth-order valence-electron chi connectivity index (χ4n) is 2.30. The van der Waals surface area contributed by atoms with Gasteiger partial charge in [0, 0.05) is 13.2 Å². The molecule has 1 atom stereocenters. The average molecular weight is 183 g/mol. The van der Waals surface area contributed by atoms with Gasteiger partial charge in [-0.1, -0.05) is 6.42 Å². The Hall–Kier alpha value is -0.0800. The van der Waals surface area contributed by atoms with Crippen LogP contribution in [0, 0.1) is 0 Å². The minimum atomic E-state index is 0.305. The van der Waals surface area contributed by atoms with Gasteiger partial charge in [0.1, 0.15) is 0 Å². The minimum Gasteiger partial charge on any atom is -0.378 e. The van der Waals surface area contributed by atoms with E-state index in [1.807, 2.05) is 7.11 Å². The van der Waals surface area contributed by atoms with Gasteiger partial charge in [-0.2, -0.15) is 0 Å². The van der Waals surface area contributed by atoms with Gasteiger partial charge in [0.25, 0.3) is 0 Å². The summed E-state index contributed by atoms with van der Waals surface area (Å²) >= 11 is 0. The topological polar surface area (TPSA) is 21.3 Å². The fraction of sp³-hybridized carbons (Fsp3) is 1.00. The van der Waals surface area contributed by atoms with Crippen molar-refractivity contribution in [1.82, 2.24) is 5.32 Å². The summed E-state index contributed by atoms with van der Waals surface area (Å²) in [7, 11) is 1.86. The van der Waals surface area contributed by atoms with E-state index < -0.39 is 0 Å².